The number of hydrogen-bond donors (Lipinski definition) is 6. The number of amides is 3. The highest BCUT2D eigenvalue weighted by molar-refractivity contribution is 5.97. The maximum absolute atomic E-state index is 12.3. The summed E-state index contributed by atoms with van der Waals surface area (Å²) >= 11 is 0. The SMILES string of the molecule is C.C[C@@H](O)[C@H](NC(=O)c1ccc(C#CC#Cc2ccc(NC(=O)CNCC(F)(F)F)cc2)cc1)C(=O)NO. The molecule has 12 heteroatoms. The molecule has 2 aromatic carbocycles. The molecule has 0 unspecified atom stereocenters. The first-order valence-electron chi connectivity index (χ1n) is 10.7. The van der Waals surface area contributed by atoms with Crippen LogP contribution in [0.1, 0.15) is 35.8 Å². The Morgan fingerprint density at radius 1 is 0.947 bits per heavy atom. The molecule has 38 heavy (non-hydrogen) atoms. The Labute approximate surface area is 217 Å². The number of hydroxylamine groups is 1. The van der Waals surface area contributed by atoms with E-state index in [9.17, 15) is 32.7 Å². The van der Waals surface area contributed by atoms with Crippen molar-refractivity contribution in [2.45, 2.75) is 32.7 Å². The summed E-state index contributed by atoms with van der Waals surface area (Å²) in [5.74, 6) is 8.71. The number of rotatable bonds is 8. The second-order valence-electron chi connectivity index (χ2n) is 7.59. The van der Waals surface area contributed by atoms with E-state index in [1.54, 1.807) is 36.4 Å². The zero-order valence-electron chi connectivity index (χ0n) is 19.4. The van der Waals surface area contributed by atoms with Crippen LogP contribution in [0.15, 0.2) is 48.5 Å². The van der Waals surface area contributed by atoms with E-state index in [0.717, 1.165) is 0 Å². The summed E-state index contributed by atoms with van der Waals surface area (Å²) in [6.45, 7) is -0.451. The first kappa shape index (κ1) is 31.7. The van der Waals surface area contributed by atoms with E-state index in [4.69, 9.17) is 5.21 Å². The number of nitrogens with one attached hydrogen (secondary N) is 4. The topological polar surface area (TPSA) is 140 Å². The Kier molecular flexibility index (Phi) is 12.5. The molecule has 2 rings (SSSR count). The number of benzene rings is 2. The van der Waals surface area contributed by atoms with Crippen molar-refractivity contribution in [2.24, 2.45) is 0 Å². The van der Waals surface area contributed by atoms with Gasteiger partial charge in [0.25, 0.3) is 11.8 Å². The molecule has 2 aromatic rings. The minimum absolute atomic E-state index is 0. The van der Waals surface area contributed by atoms with Gasteiger partial charge in [0, 0.05) is 22.4 Å². The maximum atomic E-state index is 12.3. The molecule has 0 heterocycles. The zero-order chi connectivity index (χ0) is 27.4. The average Bonchev–Trinajstić information content (AvgIpc) is 2.85. The molecule has 0 saturated heterocycles. The van der Waals surface area contributed by atoms with Gasteiger partial charge in [-0.2, -0.15) is 13.2 Å². The second-order valence-corrected chi connectivity index (χ2v) is 7.59. The van der Waals surface area contributed by atoms with Gasteiger partial charge in [-0.15, -0.1) is 0 Å². The van der Waals surface area contributed by atoms with Gasteiger partial charge in [0.2, 0.25) is 5.91 Å². The van der Waals surface area contributed by atoms with E-state index in [1.165, 1.54) is 24.5 Å². The predicted octanol–water partition coefficient (Wildman–Crippen LogP) is 1.80. The van der Waals surface area contributed by atoms with E-state index in [1.807, 2.05) is 5.32 Å². The van der Waals surface area contributed by atoms with Gasteiger partial charge in [0.1, 0.15) is 6.04 Å². The lowest BCUT2D eigenvalue weighted by molar-refractivity contribution is -0.133. The molecule has 0 bridgehead atoms. The third-order valence-electron chi connectivity index (χ3n) is 4.56. The molecule has 0 aliphatic heterocycles. The third kappa shape index (κ3) is 11.1. The molecule has 0 fully saturated rings. The van der Waals surface area contributed by atoms with Crippen LogP contribution >= 0.6 is 0 Å². The van der Waals surface area contributed by atoms with E-state index >= 15 is 0 Å². The first-order chi connectivity index (χ1) is 17.5. The lowest BCUT2D eigenvalue weighted by atomic mass is 10.1. The highest BCUT2D eigenvalue weighted by Crippen LogP contribution is 2.12. The summed E-state index contributed by atoms with van der Waals surface area (Å²) in [4.78, 5) is 35.4. The molecule has 0 radical (unpaired) electrons. The van der Waals surface area contributed by atoms with Crippen molar-refractivity contribution in [2.75, 3.05) is 18.4 Å². The number of anilines is 1. The molecule has 3 amide bonds. The number of carbonyl (C=O) groups excluding carboxylic acids is 3. The predicted molar refractivity (Wildman–Crippen MR) is 134 cm³/mol. The van der Waals surface area contributed by atoms with Crippen LogP contribution in [0.5, 0.6) is 0 Å². The largest absolute Gasteiger partial charge is 0.401 e. The average molecular weight is 533 g/mol. The first-order valence-corrected chi connectivity index (χ1v) is 10.7. The van der Waals surface area contributed by atoms with Crippen LogP contribution in [0.3, 0.4) is 0 Å². The Morgan fingerprint density at radius 2 is 1.47 bits per heavy atom. The normalized spacial score (nSPS) is 11.7. The fourth-order valence-electron chi connectivity index (χ4n) is 2.77. The summed E-state index contributed by atoms with van der Waals surface area (Å²) in [5.41, 5.74) is 3.13. The Morgan fingerprint density at radius 3 is 1.95 bits per heavy atom. The molecular formula is C26H27F3N4O5. The number of carbonyl (C=O) groups is 3. The van der Waals surface area contributed by atoms with Crippen LogP contribution < -0.4 is 21.4 Å². The van der Waals surface area contributed by atoms with Gasteiger partial charge in [-0.1, -0.05) is 19.3 Å². The Balaban J connectivity index is 0.00000722. The van der Waals surface area contributed by atoms with Gasteiger partial charge in [0.05, 0.1) is 19.2 Å². The summed E-state index contributed by atoms with van der Waals surface area (Å²) in [6.07, 6.45) is -5.63. The highest BCUT2D eigenvalue weighted by atomic mass is 19.4. The van der Waals surface area contributed by atoms with Crippen molar-refractivity contribution in [1.29, 1.82) is 0 Å². The fourth-order valence-corrected chi connectivity index (χ4v) is 2.77. The van der Waals surface area contributed by atoms with Crippen molar-refractivity contribution in [3.63, 3.8) is 0 Å². The summed E-state index contributed by atoms with van der Waals surface area (Å²) < 4.78 is 36.2. The van der Waals surface area contributed by atoms with E-state index in [-0.39, 0.29) is 13.0 Å². The molecule has 0 aliphatic rings. The van der Waals surface area contributed by atoms with E-state index in [2.05, 4.69) is 34.3 Å². The van der Waals surface area contributed by atoms with Crippen molar-refractivity contribution in [3.05, 3.63) is 65.2 Å². The molecule has 202 valence electrons. The van der Waals surface area contributed by atoms with E-state index in [0.29, 0.717) is 16.8 Å². The summed E-state index contributed by atoms with van der Waals surface area (Å²) in [7, 11) is 0. The van der Waals surface area contributed by atoms with Crippen LogP contribution in [-0.4, -0.2) is 59.4 Å². The lowest BCUT2D eigenvalue weighted by Crippen LogP contribution is -2.51. The van der Waals surface area contributed by atoms with Crippen molar-refractivity contribution in [1.82, 2.24) is 16.1 Å². The molecule has 6 N–H and O–H groups in total. The van der Waals surface area contributed by atoms with Crippen LogP contribution in [0.2, 0.25) is 0 Å². The molecular weight excluding hydrogens is 505 g/mol. The van der Waals surface area contributed by atoms with Gasteiger partial charge in [-0.25, -0.2) is 5.48 Å². The quantitative estimate of drug-likeness (QED) is 0.174. The monoisotopic (exact) mass is 532 g/mol. The van der Waals surface area contributed by atoms with Gasteiger partial charge in [0.15, 0.2) is 0 Å². The number of alkyl halides is 3. The minimum Gasteiger partial charge on any atom is -0.391 e. The lowest BCUT2D eigenvalue weighted by Gasteiger charge is -2.19. The number of halogens is 3. The van der Waals surface area contributed by atoms with Crippen molar-refractivity contribution in [3.8, 4) is 23.7 Å². The van der Waals surface area contributed by atoms with Crippen molar-refractivity contribution < 1.29 is 37.9 Å². The van der Waals surface area contributed by atoms with E-state index < -0.39 is 49.1 Å². The van der Waals surface area contributed by atoms with Crippen LogP contribution in [0.4, 0.5) is 18.9 Å². The van der Waals surface area contributed by atoms with Gasteiger partial charge >= 0.3 is 6.18 Å². The molecule has 9 nitrogen and oxygen atoms in total. The minimum atomic E-state index is -4.39. The van der Waals surface area contributed by atoms with Crippen LogP contribution in [-0.2, 0) is 9.59 Å². The fraction of sp³-hybridized carbons (Fsp3) is 0.269. The van der Waals surface area contributed by atoms with Gasteiger partial charge in [-0.05, 0) is 67.3 Å². The van der Waals surface area contributed by atoms with Gasteiger partial charge < -0.3 is 21.1 Å². The molecule has 0 spiro atoms. The highest BCUT2D eigenvalue weighted by Gasteiger charge is 2.27. The summed E-state index contributed by atoms with van der Waals surface area (Å²) in [5, 5.41) is 25.1. The standard InChI is InChI=1S/C25H23F3N4O5.CH4/c1-16(33)22(24(36)32-37)31-23(35)19-10-6-17(7-11-19)4-2-3-5-18-8-12-20(13-9-18)30-21(34)14-29-15-25(26,27)28;/h6-13,16,22,29,33,37H,14-15H2,1H3,(H,30,34)(H,31,35)(H,32,36);1H4/t16-,22+;/m1./s1. The number of aliphatic hydroxyl groups is 1. The van der Waals surface area contributed by atoms with Crippen molar-refractivity contribution >= 4 is 23.4 Å². The molecule has 0 aromatic heterocycles. The Hall–Kier alpha value is -4.36. The smallest absolute Gasteiger partial charge is 0.391 e. The zero-order valence-corrected chi connectivity index (χ0v) is 19.4. The maximum Gasteiger partial charge on any atom is 0.401 e. The summed E-state index contributed by atoms with van der Waals surface area (Å²) in [6, 6.07) is 11.0. The van der Waals surface area contributed by atoms with Gasteiger partial charge in [-0.3, -0.25) is 19.6 Å². The molecule has 0 aliphatic carbocycles. The molecule has 2 atom stereocenters. The second kappa shape index (κ2) is 15.0. The number of aliphatic hydroxyl groups excluding tert-OH is 1. The van der Waals surface area contributed by atoms with Crippen LogP contribution in [0.25, 0.3) is 0 Å². The number of hydrogen-bond acceptors (Lipinski definition) is 6. The molecule has 0 saturated carbocycles. The van der Waals surface area contributed by atoms with Crippen LogP contribution in [0, 0.1) is 23.7 Å². The Bertz CT molecular complexity index is 1220. The third-order valence-corrected chi connectivity index (χ3v) is 4.56.